The third-order valence-corrected chi connectivity index (χ3v) is 5.23. The summed E-state index contributed by atoms with van der Waals surface area (Å²) in [5.74, 6) is 2.54. The Hall–Kier alpha value is -0.760. The zero-order chi connectivity index (χ0) is 16.0. The van der Waals surface area contributed by atoms with Crippen molar-refractivity contribution >= 4 is 17.5 Å². The Morgan fingerprint density at radius 1 is 1.19 bits per heavy atom. The molecule has 1 rings (SSSR count). The first-order valence-electron chi connectivity index (χ1n) is 7.94. The van der Waals surface area contributed by atoms with Crippen molar-refractivity contribution in [1.82, 2.24) is 0 Å². The van der Waals surface area contributed by atoms with Gasteiger partial charge >= 0.3 is 0 Å². The van der Waals surface area contributed by atoms with Crippen molar-refractivity contribution in [3.05, 3.63) is 35.4 Å². The van der Waals surface area contributed by atoms with Crippen LogP contribution in [0.5, 0.6) is 0 Å². The minimum absolute atomic E-state index is 0.0608. The Balaban J connectivity index is 2.52. The highest BCUT2D eigenvalue weighted by atomic mass is 32.2. The predicted molar refractivity (Wildman–Crippen MR) is 95.4 cm³/mol. The lowest BCUT2D eigenvalue weighted by Crippen LogP contribution is -2.19. The Morgan fingerprint density at radius 3 is 2.38 bits per heavy atom. The molecule has 0 spiro atoms. The van der Waals surface area contributed by atoms with E-state index in [1.807, 2.05) is 11.8 Å². The summed E-state index contributed by atoms with van der Waals surface area (Å²) in [6, 6.07) is 8.97. The van der Waals surface area contributed by atoms with Crippen LogP contribution in [0, 0.1) is 0 Å². The fourth-order valence-electron chi connectivity index (χ4n) is 2.55. The molecule has 2 heteroatoms. The van der Waals surface area contributed by atoms with E-state index in [9.17, 15) is 4.79 Å². The Kier molecular flexibility index (Phi) is 6.99. The van der Waals surface area contributed by atoms with Crippen molar-refractivity contribution in [1.29, 1.82) is 0 Å². The third kappa shape index (κ3) is 6.69. The molecule has 1 aromatic carbocycles. The predicted octanol–water partition coefficient (Wildman–Crippen LogP) is 5.79. The second-order valence-corrected chi connectivity index (χ2v) is 8.80. The fourth-order valence-corrected chi connectivity index (χ4v) is 3.88. The second kappa shape index (κ2) is 8.03. The number of hydrogen-bond donors (Lipinski definition) is 0. The summed E-state index contributed by atoms with van der Waals surface area (Å²) in [7, 11) is 0. The van der Waals surface area contributed by atoms with Gasteiger partial charge in [-0.25, -0.2) is 0 Å². The molecule has 0 N–H and O–H groups in total. The zero-order valence-corrected chi connectivity index (χ0v) is 15.2. The largest absolute Gasteiger partial charge is 0.300 e. The SMILES string of the molecule is CC(=O)CC(C)(C)SCCC(C)c1cccc(C(C)C)c1. The topological polar surface area (TPSA) is 17.1 Å². The molecular weight excluding hydrogens is 276 g/mol. The Bertz CT molecular complexity index is 462. The molecule has 1 aromatic rings. The minimum atomic E-state index is 0.0608. The van der Waals surface area contributed by atoms with E-state index < -0.39 is 0 Å². The van der Waals surface area contributed by atoms with Crippen LogP contribution >= 0.6 is 11.8 Å². The highest BCUT2D eigenvalue weighted by molar-refractivity contribution is 8.00. The Morgan fingerprint density at radius 2 is 1.81 bits per heavy atom. The number of ketones is 1. The molecule has 0 bridgehead atoms. The molecule has 118 valence electrons. The Labute approximate surface area is 134 Å². The first kappa shape index (κ1) is 18.3. The van der Waals surface area contributed by atoms with Crippen LogP contribution in [0.2, 0.25) is 0 Å². The molecule has 0 fully saturated rings. The lowest BCUT2D eigenvalue weighted by atomic mass is 9.93. The quantitative estimate of drug-likeness (QED) is 0.604. The van der Waals surface area contributed by atoms with E-state index in [0.29, 0.717) is 18.3 Å². The standard InChI is InChI=1S/C19H30OS/c1-14(2)17-8-7-9-18(12-17)15(3)10-11-21-19(5,6)13-16(4)20/h7-9,12,14-15H,10-11,13H2,1-6H3. The maximum Gasteiger partial charge on any atom is 0.131 e. The van der Waals surface area contributed by atoms with Gasteiger partial charge in [-0.2, -0.15) is 11.8 Å². The number of carbonyl (C=O) groups is 1. The highest BCUT2D eigenvalue weighted by Gasteiger charge is 2.20. The van der Waals surface area contributed by atoms with Gasteiger partial charge in [-0.1, -0.05) is 58.9 Å². The van der Waals surface area contributed by atoms with Crippen LogP contribution in [0.3, 0.4) is 0 Å². The van der Waals surface area contributed by atoms with Crippen molar-refractivity contribution in [2.75, 3.05) is 5.75 Å². The van der Waals surface area contributed by atoms with Crippen molar-refractivity contribution in [3.8, 4) is 0 Å². The number of thioether (sulfide) groups is 1. The van der Waals surface area contributed by atoms with Gasteiger partial charge in [0.2, 0.25) is 0 Å². The maximum atomic E-state index is 11.3. The van der Waals surface area contributed by atoms with Gasteiger partial charge < -0.3 is 0 Å². The lowest BCUT2D eigenvalue weighted by Gasteiger charge is -2.23. The van der Waals surface area contributed by atoms with Crippen LogP contribution in [0.1, 0.15) is 77.3 Å². The van der Waals surface area contributed by atoms with Crippen molar-refractivity contribution in [2.45, 2.75) is 71.0 Å². The molecule has 0 saturated heterocycles. The molecule has 1 nitrogen and oxygen atoms in total. The molecule has 21 heavy (non-hydrogen) atoms. The number of benzene rings is 1. The average molecular weight is 307 g/mol. The van der Waals surface area contributed by atoms with Gasteiger partial charge in [0.25, 0.3) is 0 Å². The summed E-state index contributed by atoms with van der Waals surface area (Å²) in [6.45, 7) is 12.8. The molecule has 0 radical (unpaired) electrons. The van der Waals surface area contributed by atoms with Gasteiger partial charge in [-0.15, -0.1) is 0 Å². The van der Waals surface area contributed by atoms with Crippen LogP contribution in [0.15, 0.2) is 24.3 Å². The molecule has 0 aliphatic rings. The van der Waals surface area contributed by atoms with E-state index in [-0.39, 0.29) is 10.5 Å². The minimum Gasteiger partial charge on any atom is -0.300 e. The molecule has 0 aromatic heterocycles. The van der Waals surface area contributed by atoms with E-state index in [4.69, 9.17) is 0 Å². The fraction of sp³-hybridized carbons (Fsp3) is 0.632. The third-order valence-electron chi connectivity index (χ3n) is 3.86. The summed E-state index contributed by atoms with van der Waals surface area (Å²) >= 11 is 1.92. The second-order valence-electron chi connectivity index (χ2n) is 7.00. The first-order valence-corrected chi connectivity index (χ1v) is 8.93. The van der Waals surface area contributed by atoms with E-state index in [0.717, 1.165) is 12.2 Å². The molecule has 0 saturated carbocycles. The monoisotopic (exact) mass is 306 g/mol. The molecular formula is C19H30OS. The van der Waals surface area contributed by atoms with Crippen LogP contribution in [0.25, 0.3) is 0 Å². The van der Waals surface area contributed by atoms with Crippen LogP contribution < -0.4 is 0 Å². The van der Waals surface area contributed by atoms with Gasteiger partial charge in [0.1, 0.15) is 5.78 Å². The smallest absolute Gasteiger partial charge is 0.131 e. The van der Waals surface area contributed by atoms with E-state index in [1.54, 1.807) is 6.92 Å². The average Bonchev–Trinajstić information content (AvgIpc) is 2.36. The van der Waals surface area contributed by atoms with Gasteiger partial charge in [0.05, 0.1) is 0 Å². The summed E-state index contributed by atoms with van der Waals surface area (Å²) in [5, 5.41) is 0. The normalized spacial score (nSPS) is 13.5. The maximum absolute atomic E-state index is 11.3. The van der Waals surface area contributed by atoms with Crippen LogP contribution in [-0.2, 0) is 4.79 Å². The zero-order valence-electron chi connectivity index (χ0n) is 14.4. The molecule has 1 unspecified atom stereocenters. The lowest BCUT2D eigenvalue weighted by molar-refractivity contribution is -0.117. The number of Topliss-reactive ketones (excluding diaryl/α,β-unsaturated/α-hetero) is 1. The molecule has 0 heterocycles. The number of carbonyl (C=O) groups excluding carboxylic acids is 1. The van der Waals surface area contributed by atoms with E-state index in [2.05, 4.69) is 58.9 Å². The number of hydrogen-bond acceptors (Lipinski definition) is 2. The van der Waals surface area contributed by atoms with Crippen LogP contribution in [0.4, 0.5) is 0 Å². The van der Waals surface area contributed by atoms with Gasteiger partial charge in [-0.3, -0.25) is 4.79 Å². The van der Waals surface area contributed by atoms with Crippen molar-refractivity contribution in [3.63, 3.8) is 0 Å². The van der Waals surface area contributed by atoms with Crippen LogP contribution in [-0.4, -0.2) is 16.3 Å². The summed E-state index contributed by atoms with van der Waals surface area (Å²) in [6.07, 6.45) is 1.82. The van der Waals surface area contributed by atoms with Crippen molar-refractivity contribution < 1.29 is 4.79 Å². The molecule has 0 amide bonds. The summed E-state index contributed by atoms with van der Waals surface area (Å²) < 4.78 is 0.0608. The van der Waals surface area contributed by atoms with Gasteiger partial charge in [0, 0.05) is 11.2 Å². The molecule has 0 aliphatic heterocycles. The number of rotatable bonds is 8. The summed E-state index contributed by atoms with van der Waals surface area (Å²) in [4.78, 5) is 11.3. The molecule has 0 aliphatic carbocycles. The first-order chi connectivity index (χ1) is 9.71. The van der Waals surface area contributed by atoms with Gasteiger partial charge in [-0.05, 0) is 42.1 Å². The van der Waals surface area contributed by atoms with E-state index >= 15 is 0 Å². The van der Waals surface area contributed by atoms with Crippen molar-refractivity contribution in [2.24, 2.45) is 0 Å². The van der Waals surface area contributed by atoms with E-state index in [1.165, 1.54) is 11.1 Å². The molecule has 1 atom stereocenters. The highest BCUT2D eigenvalue weighted by Crippen LogP contribution is 2.32. The van der Waals surface area contributed by atoms with Gasteiger partial charge in [0.15, 0.2) is 0 Å². The summed E-state index contributed by atoms with van der Waals surface area (Å²) in [5.41, 5.74) is 2.86.